The molecule has 0 amide bonds. The normalized spacial score (nSPS) is 25.2. The molecule has 0 aliphatic carbocycles. The van der Waals surface area contributed by atoms with Gasteiger partial charge in [0, 0.05) is 24.9 Å². The Labute approximate surface area is 105 Å². The summed E-state index contributed by atoms with van der Waals surface area (Å²) in [5.74, 6) is -0.0654. The van der Waals surface area contributed by atoms with Gasteiger partial charge < -0.3 is 4.90 Å². The second-order valence-corrected chi connectivity index (χ2v) is 4.94. The third-order valence-electron chi connectivity index (χ3n) is 3.54. The van der Waals surface area contributed by atoms with Crippen molar-refractivity contribution in [3.8, 4) is 0 Å². The maximum absolute atomic E-state index is 13.0. The van der Waals surface area contributed by atoms with E-state index in [1.54, 1.807) is 6.07 Å². The first-order valence-corrected chi connectivity index (χ1v) is 6.13. The molecule has 0 spiro atoms. The van der Waals surface area contributed by atoms with Gasteiger partial charge in [0.25, 0.3) is 0 Å². The van der Waals surface area contributed by atoms with E-state index >= 15 is 0 Å². The molecule has 0 saturated carbocycles. The average Bonchev–Trinajstić information content (AvgIpc) is 2.28. The van der Waals surface area contributed by atoms with Gasteiger partial charge in [0.2, 0.25) is 0 Å². The molecule has 2 nitrogen and oxygen atoms in total. The van der Waals surface area contributed by atoms with Gasteiger partial charge in [-0.15, -0.1) is 0 Å². The van der Waals surface area contributed by atoms with E-state index in [0.717, 1.165) is 5.69 Å². The highest BCUT2D eigenvalue weighted by atomic mass is 35.5. The molecule has 0 N–H and O–H groups in total. The lowest BCUT2D eigenvalue weighted by molar-refractivity contribution is -0.123. The highest BCUT2D eigenvalue weighted by molar-refractivity contribution is 6.33. The zero-order chi connectivity index (χ0) is 12.6. The summed E-state index contributed by atoms with van der Waals surface area (Å²) in [6.45, 7) is 4.58. The maximum atomic E-state index is 13.0. The Morgan fingerprint density at radius 3 is 2.76 bits per heavy atom. The van der Waals surface area contributed by atoms with Crippen molar-refractivity contribution in [2.45, 2.75) is 26.3 Å². The molecule has 1 aliphatic rings. The topological polar surface area (TPSA) is 20.3 Å². The summed E-state index contributed by atoms with van der Waals surface area (Å²) < 4.78 is 13.0. The molecule has 0 radical (unpaired) electrons. The Morgan fingerprint density at radius 1 is 1.41 bits per heavy atom. The first-order chi connectivity index (χ1) is 8.00. The minimum atomic E-state index is -0.340. The molecular weight excluding hydrogens is 241 g/mol. The number of hydrogen-bond donors (Lipinski definition) is 0. The van der Waals surface area contributed by atoms with Gasteiger partial charge >= 0.3 is 0 Å². The van der Waals surface area contributed by atoms with Gasteiger partial charge in [0.1, 0.15) is 11.6 Å². The summed E-state index contributed by atoms with van der Waals surface area (Å²) in [5, 5.41) is 0.401. The third-order valence-corrected chi connectivity index (χ3v) is 3.84. The molecule has 17 heavy (non-hydrogen) atoms. The van der Waals surface area contributed by atoms with Crippen molar-refractivity contribution in [3.63, 3.8) is 0 Å². The molecule has 1 heterocycles. The molecule has 1 aliphatic heterocycles. The van der Waals surface area contributed by atoms with Crippen LogP contribution >= 0.6 is 11.6 Å². The summed E-state index contributed by atoms with van der Waals surface area (Å²) in [6, 6.07) is 4.48. The zero-order valence-corrected chi connectivity index (χ0v) is 10.7. The summed E-state index contributed by atoms with van der Waals surface area (Å²) in [6.07, 6.45) is 0.527. The number of ketones is 1. The Kier molecular flexibility index (Phi) is 3.38. The maximum Gasteiger partial charge on any atom is 0.139 e. The number of piperidine rings is 1. The van der Waals surface area contributed by atoms with E-state index in [4.69, 9.17) is 11.6 Å². The highest BCUT2D eigenvalue weighted by Crippen LogP contribution is 2.32. The lowest BCUT2D eigenvalue weighted by atomic mass is 9.90. The van der Waals surface area contributed by atoms with Crippen LogP contribution in [0.25, 0.3) is 0 Å². The second kappa shape index (κ2) is 4.65. The molecule has 1 aromatic rings. The molecule has 1 fully saturated rings. The first-order valence-electron chi connectivity index (χ1n) is 5.75. The second-order valence-electron chi connectivity index (χ2n) is 4.53. The van der Waals surface area contributed by atoms with Crippen molar-refractivity contribution < 1.29 is 9.18 Å². The molecule has 1 aromatic carbocycles. The zero-order valence-electron chi connectivity index (χ0n) is 9.91. The fourth-order valence-electron chi connectivity index (χ4n) is 2.25. The Morgan fingerprint density at radius 2 is 2.12 bits per heavy atom. The van der Waals surface area contributed by atoms with E-state index in [0.29, 0.717) is 18.0 Å². The number of benzene rings is 1. The van der Waals surface area contributed by atoms with Crippen molar-refractivity contribution in [1.82, 2.24) is 0 Å². The number of Topliss-reactive ketones (excluding diaryl/α,β-unsaturated/α-hetero) is 1. The van der Waals surface area contributed by atoms with E-state index < -0.39 is 0 Å². The summed E-state index contributed by atoms with van der Waals surface area (Å²) in [5.41, 5.74) is 0.805. The minimum absolute atomic E-state index is 0.00938. The molecule has 2 rings (SSSR count). The minimum Gasteiger partial charge on any atom is -0.366 e. The van der Waals surface area contributed by atoms with Crippen molar-refractivity contribution in [3.05, 3.63) is 29.0 Å². The first kappa shape index (κ1) is 12.4. The third kappa shape index (κ3) is 2.29. The number of carbonyl (C=O) groups excluding carboxylic acids is 1. The largest absolute Gasteiger partial charge is 0.366 e. The number of hydrogen-bond acceptors (Lipinski definition) is 2. The quantitative estimate of drug-likeness (QED) is 0.768. The number of nitrogens with zero attached hydrogens (tertiary/aromatic N) is 1. The van der Waals surface area contributed by atoms with Gasteiger partial charge in [-0.05, 0) is 25.1 Å². The average molecular weight is 256 g/mol. The van der Waals surface area contributed by atoms with E-state index in [2.05, 4.69) is 4.90 Å². The Bertz CT molecular complexity index is 449. The van der Waals surface area contributed by atoms with Crippen molar-refractivity contribution in [2.24, 2.45) is 5.92 Å². The molecule has 92 valence electrons. The fourth-order valence-corrected chi connectivity index (χ4v) is 2.53. The molecule has 0 bridgehead atoms. The van der Waals surface area contributed by atoms with Crippen LogP contribution in [0.2, 0.25) is 5.02 Å². The molecule has 0 aromatic heterocycles. The Balaban J connectivity index is 2.31. The van der Waals surface area contributed by atoms with Gasteiger partial charge in [-0.25, -0.2) is 4.39 Å². The van der Waals surface area contributed by atoms with Crippen molar-refractivity contribution >= 4 is 23.1 Å². The predicted octanol–water partition coefficient (Wildman–Crippen LogP) is 3.28. The number of anilines is 1. The van der Waals surface area contributed by atoms with Crippen LogP contribution in [0.5, 0.6) is 0 Å². The van der Waals surface area contributed by atoms with Gasteiger partial charge in [0.15, 0.2) is 0 Å². The molecule has 2 atom stereocenters. The van der Waals surface area contributed by atoms with Crippen LogP contribution in [0.4, 0.5) is 10.1 Å². The van der Waals surface area contributed by atoms with E-state index in [-0.39, 0.29) is 23.6 Å². The predicted molar refractivity (Wildman–Crippen MR) is 67.0 cm³/mol. The molecule has 1 saturated heterocycles. The van der Waals surface area contributed by atoms with Crippen molar-refractivity contribution in [1.29, 1.82) is 0 Å². The number of carbonyl (C=O) groups is 1. The van der Waals surface area contributed by atoms with Crippen LogP contribution in [0.15, 0.2) is 18.2 Å². The van der Waals surface area contributed by atoms with E-state index in [1.807, 2.05) is 13.8 Å². The van der Waals surface area contributed by atoms with Crippen molar-refractivity contribution in [2.75, 3.05) is 11.4 Å². The van der Waals surface area contributed by atoms with Gasteiger partial charge in [0.05, 0.1) is 10.7 Å². The van der Waals surface area contributed by atoms with Gasteiger partial charge in [-0.3, -0.25) is 4.79 Å². The smallest absolute Gasteiger partial charge is 0.139 e. The molecule has 2 unspecified atom stereocenters. The summed E-state index contributed by atoms with van der Waals surface area (Å²) in [4.78, 5) is 13.7. The summed E-state index contributed by atoms with van der Waals surface area (Å²) >= 11 is 6.05. The number of halogens is 2. The summed E-state index contributed by atoms with van der Waals surface area (Å²) in [7, 11) is 0. The lowest BCUT2D eigenvalue weighted by Gasteiger charge is -2.39. The molecular formula is C13H15ClFNO. The fraction of sp³-hybridized carbons (Fsp3) is 0.462. The van der Waals surface area contributed by atoms with Gasteiger partial charge in [-0.2, -0.15) is 0 Å². The van der Waals surface area contributed by atoms with E-state index in [9.17, 15) is 9.18 Å². The monoisotopic (exact) mass is 255 g/mol. The van der Waals surface area contributed by atoms with Crippen LogP contribution in [0, 0.1) is 11.7 Å². The standard InChI is InChI=1S/C13H15ClFNO/c1-8-9(2)16(6-5-13(8)17)12-4-3-10(15)7-11(12)14/h3-4,7-9H,5-6H2,1-2H3. The van der Waals surface area contributed by atoms with Crippen LogP contribution in [-0.4, -0.2) is 18.4 Å². The highest BCUT2D eigenvalue weighted by Gasteiger charge is 2.31. The Hall–Kier alpha value is -1.09. The number of rotatable bonds is 1. The van der Waals surface area contributed by atoms with Crippen LogP contribution < -0.4 is 4.90 Å². The van der Waals surface area contributed by atoms with Crippen LogP contribution in [0.1, 0.15) is 20.3 Å². The van der Waals surface area contributed by atoms with E-state index in [1.165, 1.54) is 12.1 Å². The molecule has 4 heteroatoms. The SMILES string of the molecule is CC1C(=O)CCN(c2ccc(F)cc2Cl)C1C. The van der Waals surface area contributed by atoms with Crippen LogP contribution in [-0.2, 0) is 4.79 Å². The van der Waals surface area contributed by atoms with Crippen LogP contribution in [0.3, 0.4) is 0 Å². The van der Waals surface area contributed by atoms with Gasteiger partial charge in [-0.1, -0.05) is 18.5 Å². The lowest BCUT2D eigenvalue weighted by Crippen LogP contribution is -2.47.